The van der Waals surface area contributed by atoms with Crippen molar-refractivity contribution in [2.75, 3.05) is 19.7 Å². The number of hydrogen-bond donors (Lipinski definition) is 1. The van der Waals surface area contributed by atoms with Crippen LogP contribution in [0, 0.1) is 5.92 Å². The van der Waals surface area contributed by atoms with Gasteiger partial charge in [0.25, 0.3) is 5.91 Å². The van der Waals surface area contributed by atoms with Crippen LogP contribution in [0.2, 0.25) is 0 Å². The lowest BCUT2D eigenvalue weighted by Gasteiger charge is -2.35. The van der Waals surface area contributed by atoms with Crippen molar-refractivity contribution in [3.63, 3.8) is 0 Å². The molecule has 0 radical (unpaired) electrons. The minimum absolute atomic E-state index is 0. The first-order valence-corrected chi connectivity index (χ1v) is 8.02. The van der Waals surface area contributed by atoms with Crippen molar-refractivity contribution in [2.24, 2.45) is 11.7 Å². The number of rotatable bonds is 5. The van der Waals surface area contributed by atoms with Gasteiger partial charge in [-0.05, 0) is 62.3 Å². The molecule has 0 bridgehead atoms. The summed E-state index contributed by atoms with van der Waals surface area (Å²) in [5.41, 5.74) is 6.52. The first kappa shape index (κ1) is 17.1. The lowest BCUT2D eigenvalue weighted by molar-refractivity contribution is 0.0623. The van der Waals surface area contributed by atoms with E-state index in [0.29, 0.717) is 6.54 Å². The molecule has 1 unspecified atom stereocenters. The predicted octanol–water partition coefficient (Wildman–Crippen LogP) is 2.85. The van der Waals surface area contributed by atoms with E-state index in [9.17, 15) is 4.79 Å². The van der Waals surface area contributed by atoms with Crippen molar-refractivity contribution < 1.29 is 9.53 Å². The van der Waals surface area contributed by atoms with Crippen LogP contribution < -0.4 is 10.5 Å². The molecule has 3 rings (SSSR count). The Morgan fingerprint density at radius 3 is 2.55 bits per heavy atom. The second-order valence-corrected chi connectivity index (χ2v) is 6.16. The van der Waals surface area contributed by atoms with Crippen molar-refractivity contribution in [3.8, 4) is 5.75 Å². The quantitative estimate of drug-likeness (QED) is 0.906. The SMILES string of the molecule is Cl.NCC1CCCCN1C(=O)c1ccc(OCC2CC2)cc1. The van der Waals surface area contributed by atoms with Gasteiger partial charge in [-0.1, -0.05) is 0 Å². The third-order valence-electron chi connectivity index (χ3n) is 4.44. The van der Waals surface area contributed by atoms with E-state index in [0.717, 1.165) is 43.2 Å². The zero-order valence-electron chi connectivity index (χ0n) is 12.9. The molecule has 1 amide bonds. The fourth-order valence-corrected chi connectivity index (χ4v) is 2.87. The molecule has 1 aromatic carbocycles. The van der Waals surface area contributed by atoms with Crippen LogP contribution in [0.1, 0.15) is 42.5 Å². The highest BCUT2D eigenvalue weighted by molar-refractivity contribution is 5.94. The molecule has 0 spiro atoms. The van der Waals surface area contributed by atoms with Crippen molar-refractivity contribution >= 4 is 18.3 Å². The molecule has 1 saturated carbocycles. The summed E-state index contributed by atoms with van der Waals surface area (Å²) in [5.74, 6) is 1.69. The third-order valence-corrected chi connectivity index (χ3v) is 4.44. The molecule has 122 valence electrons. The van der Waals surface area contributed by atoms with Crippen molar-refractivity contribution in [1.29, 1.82) is 0 Å². The third kappa shape index (κ3) is 4.14. The van der Waals surface area contributed by atoms with E-state index in [2.05, 4.69) is 0 Å². The molecule has 2 N–H and O–H groups in total. The second-order valence-electron chi connectivity index (χ2n) is 6.16. The Labute approximate surface area is 138 Å². The molecule has 1 heterocycles. The fraction of sp³-hybridized carbons (Fsp3) is 0.588. The van der Waals surface area contributed by atoms with Crippen molar-refractivity contribution in [3.05, 3.63) is 29.8 Å². The van der Waals surface area contributed by atoms with E-state index in [-0.39, 0.29) is 24.4 Å². The normalized spacial score (nSPS) is 21.1. The summed E-state index contributed by atoms with van der Waals surface area (Å²) in [4.78, 5) is 14.5. The Hall–Kier alpha value is -1.26. The molecular weight excluding hydrogens is 300 g/mol. The van der Waals surface area contributed by atoms with Gasteiger partial charge in [0, 0.05) is 24.7 Å². The summed E-state index contributed by atoms with van der Waals surface area (Å²) in [6, 6.07) is 7.73. The maximum atomic E-state index is 12.6. The van der Waals surface area contributed by atoms with Gasteiger partial charge in [-0.2, -0.15) is 0 Å². The average Bonchev–Trinajstić information content (AvgIpc) is 3.37. The van der Waals surface area contributed by atoms with Crippen LogP contribution in [0.4, 0.5) is 0 Å². The van der Waals surface area contributed by atoms with E-state index in [1.54, 1.807) is 0 Å². The Bertz CT molecular complexity index is 488. The number of nitrogens with two attached hydrogens (primary N) is 1. The zero-order valence-corrected chi connectivity index (χ0v) is 13.7. The van der Waals surface area contributed by atoms with E-state index in [1.165, 1.54) is 19.3 Å². The smallest absolute Gasteiger partial charge is 0.254 e. The molecule has 22 heavy (non-hydrogen) atoms. The lowest BCUT2D eigenvalue weighted by Crippen LogP contribution is -2.47. The number of carbonyl (C=O) groups is 1. The molecule has 2 fully saturated rings. The highest BCUT2D eigenvalue weighted by Gasteiger charge is 2.26. The van der Waals surface area contributed by atoms with Gasteiger partial charge in [0.15, 0.2) is 0 Å². The lowest BCUT2D eigenvalue weighted by atomic mass is 10.0. The van der Waals surface area contributed by atoms with Gasteiger partial charge in [-0.3, -0.25) is 4.79 Å². The van der Waals surface area contributed by atoms with Crippen LogP contribution in [0.25, 0.3) is 0 Å². The van der Waals surface area contributed by atoms with Gasteiger partial charge < -0.3 is 15.4 Å². The van der Waals surface area contributed by atoms with Gasteiger partial charge in [0.05, 0.1) is 6.61 Å². The summed E-state index contributed by atoms with van der Waals surface area (Å²) in [6.07, 6.45) is 5.83. The number of likely N-dealkylation sites (tertiary alicyclic amines) is 1. The molecule has 2 aliphatic rings. The number of amides is 1. The van der Waals surface area contributed by atoms with Crippen LogP contribution in [-0.4, -0.2) is 36.5 Å². The molecule has 5 heteroatoms. The van der Waals surface area contributed by atoms with Crippen LogP contribution in [-0.2, 0) is 0 Å². The number of ether oxygens (including phenoxy) is 1. The summed E-state index contributed by atoms with van der Waals surface area (Å²) < 4.78 is 5.71. The Kier molecular flexibility index (Phi) is 6.09. The number of hydrogen-bond acceptors (Lipinski definition) is 3. The second kappa shape index (κ2) is 7.84. The minimum atomic E-state index is 0. The van der Waals surface area contributed by atoms with Crippen molar-refractivity contribution in [1.82, 2.24) is 4.90 Å². The Morgan fingerprint density at radius 2 is 1.91 bits per heavy atom. The first-order chi connectivity index (χ1) is 10.3. The van der Waals surface area contributed by atoms with Gasteiger partial charge in [0.1, 0.15) is 5.75 Å². The van der Waals surface area contributed by atoms with Gasteiger partial charge in [-0.15, -0.1) is 12.4 Å². The maximum absolute atomic E-state index is 12.6. The largest absolute Gasteiger partial charge is 0.493 e. The van der Waals surface area contributed by atoms with Crippen LogP contribution in [0.3, 0.4) is 0 Å². The summed E-state index contributed by atoms with van der Waals surface area (Å²) >= 11 is 0. The summed E-state index contributed by atoms with van der Waals surface area (Å²) in [7, 11) is 0. The van der Waals surface area contributed by atoms with Gasteiger partial charge in [0.2, 0.25) is 0 Å². The molecule has 1 saturated heterocycles. The Morgan fingerprint density at radius 1 is 1.18 bits per heavy atom. The van der Waals surface area contributed by atoms with E-state index < -0.39 is 0 Å². The number of benzene rings is 1. The number of piperidine rings is 1. The number of halogens is 1. The van der Waals surface area contributed by atoms with Crippen LogP contribution in [0.15, 0.2) is 24.3 Å². The monoisotopic (exact) mass is 324 g/mol. The first-order valence-electron chi connectivity index (χ1n) is 8.02. The molecule has 1 aliphatic carbocycles. The molecule has 1 atom stereocenters. The average molecular weight is 325 g/mol. The van der Waals surface area contributed by atoms with Crippen LogP contribution >= 0.6 is 12.4 Å². The highest BCUT2D eigenvalue weighted by Crippen LogP contribution is 2.29. The summed E-state index contributed by atoms with van der Waals surface area (Å²) in [6.45, 7) is 2.17. The van der Waals surface area contributed by atoms with Gasteiger partial charge >= 0.3 is 0 Å². The maximum Gasteiger partial charge on any atom is 0.254 e. The molecule has 4 nitrogen and oxygen atoms in total. The summed E-state index contributed by atoms with van der Waals surface area (Å²) in [5, 5.41) is 0. The van der Waals surface area contributed by atoms with Crippen molar-refractivity contribution in [2.45, 2.75) is 38.1 Å². The fourth-order valence-electron chi connectivity index (χ4n) is 2.87. The number of nitrogens with zero attached hydrogens (tertiary/aromatic N) is 1. The zero-order chi connectivity index (χ0) is 14.7. The highest BCUT2D eigenvalue weighted by atomic mass is 35.5. The van der Waals surface area contributed by atoms with E-state index in [4.69, 9.17) is 10.5 Å². The topological polar surface area (TPSA) is 55.6 Å². The number of carbonyl (C=O) groups excluding carboxylic acids is 1. The molecule has 1 aliphatic heterocycles. The van der Waals surface area contributed by atoms with E-state index in [1.807, 2.05) is 29.2 Å². The van der Waals surface area contributed by atoms with Crippen LogP contribution in [0.5, 0.6) is 5.75 Å². The van der Waals surface area contributed by atoms with Gasteiger partial charge in [-0.25, -0.2) is 0 Å². The standard InChI is InChI=1S/C17H24N2O2.ClH/c18-11-15-3-1-2-10-19(15)17(20)14-6-8-16(9-7-14)21-12-13-4-5-13;/h6-9,13,15H,1-5,10-12,18H2;1H. The predicted molar refractivity (Wildman–Crippen MR) is 89.6 cm³/mol. The van der Waals surface area contributed by atoms with E-state index >= 15 is 0 Å². The molecule has 1 aromatic rings. The molecule has 0 aromatic heterocycles. The Balaban J connectivity index is 0.00000176. The minimum Gasteiger partial charge on any atom is -0.493 e. The molecular formula is C17H25ClN2O2.